The minimum atomic E-state index is -1.06. The van der Waals surface area contributed by atoms with E-state index in [1.54, 1.807) is 30.3 Å². The second kappa shape index (κ2) is 3.94. The third-order valence-corrected chi connectivity index (χ3v) is 2.59. The van der Waals surface area contributed by atoms with Gasteiger partial charge in [-0.2, -0.15) is 0 Å². The fraction of sp³-hybridized carbons (Fsp3) is 0.273. The molecule has 0 aliphatic carbocycles. The lowest BCUT2D eigenvalue weighted by atomic mass is 9.97. The summed E-state index contributed by atoms with van der Waals surface area (Å²) >= 11 is 0. The normalized spacial score (nSPS) is 24.1. The molecule has 1 aliphatic heterocycles. The van der Waals surface area contributed by atoms with Gasteiger partial charge in [0.05, 0.1) is 0 Å². The molecule has 1 fully saturated rings. The Morgan fingerprint density at radius 2 is 2.00 bits per heavy atom. The van der Waals surface area contributed by atoms with Gasteiger partial charge in [-0.05, 0) is 12.1 Å². The van der Waals surface area contributed by atoms with Gasteiger partial charge in [0.15, 0.2) is 12.1 Å². The van der Waals surface area contributed by atoms with E-state index in [0.717, 1.165) is 0 Å². The van der Waals surface area contributed by atoms with Gasteiger partial charge in [-0.15, -0.1) is 0 Å². The SMILES string of the molecule is CO[C@H]1C(=O)N(c2ccccc2)[C@H]1C(=O)O. The van der Waals surface area contributed by atoms with Crippen LogP contribution in [0.25, 0.3) is 0 Å². The molecule has 2 atom stereocenters. The number of carbonyl (C=O) groups excluding carboxylic acids is 1. The van der Waals surface area contributed by atoms with Crippen molar-refractivity contribution in [3.05, 3.63) is 30.3 Å². The number of methoxy groups -OCH3 is 1. The predicted octanol–water partition coefficient (Wildman–Crippen LogP) is 0.501. The molecule has 0 spiro atoms. The maximum Gasteiger partial charge on any atom is 0.330 e. The zero-order chi connectivity index (χ0) is 11.7. The number of carboxylic acids is 1. The number of rotatable bonds is 3. The zero-order valence-electron chi connectivity index (χ0n) is 8.66. The molecular weight excluding hydrogens is 210 g/mol. The predicted molar refractivity (Wildman–Crippen MR) is 56.1 cm³/mol. The van der Waals surface area contributed by atoms with Gasteiger partial charge in [0.1, 0.15) is 0 Å². The molecule has 1 amide bonds. The summed E-state index contributed by atoms with van der Waals surface area (Å²) in [5.74, 6) is -1.38. The van der Waals surface area contributed by atoms with Gasteiger partial charge in [-0.3, -0.25) is 9.69 Å². The molecule has 16 heavy (non-hydrogen) atoms. The minimum absolute atomic E-state index is 0.318. The van der Waals surface area contributed by atoms with Crippen LogP contribution in [0.2, 0.25) is 0 Å². The molecule has 84 valence electrons. The number of hydrogen-bond acceptors (Lipinski definition) is 3. The van der Waals surface area contributed by atoms with Gasteiger partial charge < -0.3 is 9.84 Å². The summed E-state index contributed by atoms with van der Waals surface area (Å²) in [5.41, 5.74) is 0.577. The summed E-state index contributed by atoms with van der Waals surface area (Å²) < 4.78 is 4.85. The number of hydrogen-bond donors (Lipinski definition) is 1. The average Bonchev–Trinajstić information content (AvgIpc) is 2.27. The van der Waals surface area contributed by atoms with E-state index in [4.69, 9.17) is 9.84 Å². The zero-order valence-corrected chi connectivity index (χ0v) is 8.66. The van der Waals surface area contributed by atoms with Crippen molar-refractivity contribution < 1.29 is 19.4 Å². The maximum absolute atomic E-state index is 11.6. The first-order chi connectivity index (χ1) is 7.66. The van der Waals surface area contributed by atoms with Crippen molar-refractivity contribution in [3.63, 3.8) is 0 Å². The van der Waals surface area contributed by atoms with Crippen LogP contribution in [0.15, 0.2) is 30.3 Å². The number of β-lactam (4-membered cyclic amide) rings is 1. The highest BCUT2D eigenvalue weighted by Gasteiger charge is 2.53. The van der Waals surface area contributed by atoms with Gasteiger partial charge in [0, 0.05) is 12.8 Å². The molecular formula is C11H11NO4. The topological polar surface area (TPSA) is 66.8 Å². The number of para-hydroxylation sites is 1. The molecule has 0 radical (unpaired) electrons. The van der Waals surface area contributed by atoms with E-state index < -0.39 is 18.1 Å². The minimum Gasteiger partial charge on any atom is -0.480 e. The van der Waals surface area contributed by atoms with Crippen LogP contribution < -0.4 is 4.90 Å². The summed E-state index contributed by atoms with van der Waals surface area (Å²) in [6.07, 6.45) is -0.877. The lowest BCUT2D eigenvalue weighted by molar-refractivity contribution is -0.155. The molecule has 1 N–H and O–H groups in total. The average molecular weight is 221 g/mol. The second-order valence-corrected chi connectivity index (χ2v) is 3.48. The lowest BCUT2D eigenvalue weighted by Gasteiger charge is -2.43. The molecule has 1 heterocycles. The van der Waals surface area contributed by atoms with Crippen LogP contribution in [0.3, 0.4) is 0 Å². The highest BCUT2D eigenvalue weighted by Crippen LogP contribution is 2.29. The Morgan fingerprint density at radius 3 is 2.50 bits per heavy atom. The fourth-order valence-electron chi connectivity index (χ4n) is 1.81. The van der Waals surface area contributed by atoms with Crippen LogP contribution in [0.4, 0.5) is 5.69 Å². The van der Waals surface area contributed by atoms with Crippen molar-refractivity contribution in [1.29, 1.82) is 0 Å². The van der Waals surface area contributed by atoms with E-state index in [9.17, 15) is 9.59 Å². The van der Waals surface area contributed by atoms with E-state index in [-0.39, 0.29) is 5.91 Å². The Hall–Kier alpha value is -1.88. The van der Waals surface area contributed by atoms with Crippen molar-refractivity contribution in [2.45, 2.75) is 12.1 Å². The monoisotopic (exact) mass is 221 g/mol. The van der Waals surface area contributed by atoms with Gasteiger partial charge in [0.2, 0.25) is 0 Å². The summed E-state index contributed by atoms with van der Waals surface area (Å²) in [7, 11) is 1.33. The Labute approximate surface area is 92.2 Å². The fourth-order valence-corrected chi connectivity index (χ4v) is 1.81. The Balaban J connectivity index is 2.29. The van der Waals surface area contributed by atoms with Crippen LogP contribution in [0.1, 0.15) is 0 Å². The van der Waals surface area contributed by atoms with Crippen molar-refractivity contribution in [2.75, 3.05) is 12.0 Å². The smallest absolute Gasteiger partial charge is 0.330 e. The lowest BCUT2D eigenvalue weighted by Crippen LogP contribution is -2.69. The van der Waals surface area contributed by atoms with Crippen LogP contribution in [0, 0.1) is 0 Å². The van der Waals surface area contributed by atoms with Crippen LogP contribution in [0.5, 0.6) is 0 Å². The largest absolute Gasteiger partial charge is 0.480 e. The Morgan fingerprint density at radius 1 is 1.38 bits per heavy atom. The number of nitrogens with zero attached hydrogens (tertiary/aromatic N) is 1. The molecule has 0 unspecified atom stereocenters. The highest BCUT2D eigenvalue weighted by molar-refractivity contribution is 6.12. The number of aliphatic carboxylic acids is 1. The number of amides is 1. The van der Waals surface area contributed by atoms with Crippen LogP contribution in [-0.2, 0) is 14.3 Å². The van der Waals surface area contributed by atoms with Crippen LogP contribution in [-0.4, -0.2) is 36.2 Å². The highest BCUT2D eigenvalue weighted by atomic mass is 16.5. The molecule has 5 nitrogen and oxygen atoms in total. The summed E-state index contributed by atoms with van der Waals surface area (Å²) in [6, 6.07) is 7.76. The van der Waals surface area contributed by atoms with Gasteiger partial charge in [0.25, 0.3) is 5.91 Å². The number of carbonyl (C=O) groups is 2. The Bertz CT molecular complexity index is 417. The molecule has 0 aromatic heterocycles. The summed E-state index contributed by atoms with van der Waals surface area (Å²) in [6.45, 7) is 0. The molecule has 1 aromatic carbocycles. The van der Waals surface area contributed by atoms with E-state index in [2.05, 4.69) is 0 Å². The molecule has 5 heteroatoms. The van der Waals surface area contributed by atoms with Gasteiger partial charge >= 0.3 is 5.97 Å². The van der Waals surface area contributed by atoms with E-state index in [1.165, 1.54) is 12.0 Å². The molecule has 1 aliphatic rings. The van der Waals surface area contributed by atoms with Gasteiger partial charge in [-0.1, -0.05) is 18.2 Å². The summed E-state index contributed by atoms with van der Waals surface area (Å²) in [5, 5.41) is 9.01. The number of benzene rings is 1. The third kappa shape index (κ3) is 1.45. The van der Waals surface area contributed by atoms with Gasteiger partial charge in [-0.25, -0.2) is 4.79 Å². The van der Waals surface area contributed by atoms with E-state index in [0.29, 0.717) is 5.69 Å². The molecule has 1 aromatic rings. The number of anilines is 1. The van der Waals surface area contributed by atoms with E-state index in [1.807, 2.05) is 0 Å². The first-order valence-electron chi connectivity index (χ1n) is 4.80. The molecule has 2 rings (SSSR count). The standard InChI is InChI=1S/C11H11NO4/c1-16-9-8(11(14)15)12(10(9)13)7-5-3-2-4-6-7/h2-6,8-9H,1H3,(H,14,15)/t8-,9-/m1/s1. The quantitative estimate of drug-likeness (QED) is 0.755. The van der Waals surface area contributed by atoms with Crippen molar-refractivity contribution >= 4 is 17.6 Å². The number of carboxylic acid groups (broad SMARTS) is 1. The summed E-state index contributed by atoms with van der Waals surface area (Å²) in [4.78, 5) is 23.9. The Kier molecular flexibility index (Phi) is 2.62. The van der Waals surface area contributed by atoms with Crippen molar-refractivity contribution in [2.24, 2.45) is 0 Å². The third-order valence-electron chi connectivity index (χ3n) is 2.59. The maximum atomic E-state index is 11.6. The van der Waals surface area contributed by atoms with E-state index >= 15 is 0 Å². The first kappa shape index (κ1) is 10.6. The first-order valence-corrected chi connectivity index (χ1v) is 4.80. The molecule has 0 saturated carbocycles. The van der Waals surface area contributed by atoms with Crippen molar-refractivity contribution in [3.8, 4) is 0 Å². The second-order valence-electron chi connectivity index (χ2n) is 3.48. The van der Waals surface area contributed by atoms with Crippen LogP contribution >= 0.6 is 0 Å². The molecule has 1 saturated heterocycles. The van der Waals surface area contributed by atoms with Crippen molar-refractivity contribution in [1.82, 2.24) is 0 Å². The number of ether oxygens (including phenoxy) is 1. The molecule has 0 bridgehead atoms.